The molecule has 6 heteroatoms. The minimum Gasteiger partial charge on any atom is -0.507 e. The van der Waals surface area contributed by atoms with E-state index >= 15 is 0 Å². The van der Waals surface area contributed by atoms with E-state index in [1.54, 1.807) is 0 Å². The Bertz CT molecular complexity index is 635. The fraction of sp³-hybridized carbons (Fsp3) is 0.286. The van der Waals surface area contributed by atoms with Gasteiger partial charge in [-0.2, -0.15) is 4.98 Å². The minimum atomic E-state index is 0.189. The van der Waals surface area contributed by atoms with Crippen molar-refractivity contribution in [1.82, 2.24) is 9.97 Å². The van der Waals surface area contributed by atoms with Gasteiger partial charge in [0, 0.05) is 12.0 Å². The second-order valence-electron chi connectivity index (χ2n) is 4.71. The van der Waals surface area contributed by atoms with Crippen molar-refractivity contribution in [1.29, 1.82) is 0 Å². The van der Waals surface area contributed by atoms with E-state index in [4.69, 9.17) is 11.5 Å². The number of rotatable bonds is 3. The molecule has 2 aromatic rings. The molecule has 0 bridgehead atoms. The number of thioether (sulfide) groups is 1. The molecule has 20 heavy (non-hydrogen) atoms. The highest BCUT2D eigenvalue weighted by Crippen LogP contribution is 2.29. The van der Waals surface area contributed by atoms with Gasteiger partial charge in [-0.3, -0.25) is 0 Å². The molecule has 1 aromatic carbocycles. The number of aryl methyl sites for hydroxylation is 2. The Balaban J connectivity index is 2.45. The topological polar surface area (TPSA) is 98.0 Å². The summed E-state index contributed by atoms with van der Waals surface area (Å²) in [6, 6.07) is 3.89. The van der Waals surface area contributed by atoms with Gasteiger partial charge >= 0.3 is 0 Å². The van der Waals surface area contributed by atoms with Gasteiger partial charge in [-0.05, 0) is 36.8 Å². The summed E-state index contributed by atoms with van der Waals surface area (Å²) in [6.07, 6.45) is 2.54. The second kappa shape index (κ2) is 5.58. The Hall–Kier alpha value is -1.95. The van der Waals surface area contributed by atoms with Gasteiger partial charge in [-0.25, -0.2) is 4.98 Å². The monoisotopic (exact) mass is 290 g/mol. The number of hydrogen-bond donors (Lipinski definition) is 3. The first-order valence-corrected chi connectivity index (χ1v) is 7.39. The van der Waals surface area contributed by atoms with Gasteiger partial charge in [0.15, 0.2) is 0 Å². The standard InChI is InChI=1S/C14H18N4OS/c1-7-4-9(5-8(2)11(7)19)6-10-12(15)17-14(16)18-13(10)20-3/h4-5,19H,6H2,1-3H3,(H4,15,16,17,18). The number of nitrogens with zero attached hydrogens (tertiary/aromatic N) is 2. The molecule has 0 amide bonds. The van der Waals surface area contributed by atoms with Gasteiger partial charge < -0.3 is 16.6 Å². The summed E-state index contributed by atoms with van der Waals surface area (Å²) in [6.45, 7) is 3.76. The molecule has 0 saturated heterocycles. The first-order chi connectivity index (χ1) is 9.42. The Morgan fingerprint density at radius 1 is 1.15 bits per heavy atom. The molecule has 0 saturated carbocycles. The Labute approximate surface area is 122 Å². The zero-order chi connectivity index (χ0) is 14.9. The molecule has 0 radical (unpaired) electrons. The average molecular weight is 290 g/mol. The van der Waals surface area contributed by atoms with E-state index in [9.17, 15) is 5.11 Å². The zero-order valence-corrected chi connectivity index (χ0v) is 12.6. The maximum absolute atomic E-state index is 9.82. The molecule has 5 N–H and O–H groups in total. The number of phenolic OH excluding ortho intramolecular Hbond substituents is 1. The van der Waals surface area contributed by atoms with Crippen LogP contribution in [0, 0.1) is 13.8 Å². The molecular formula is C14H18N4OS. The maximum Gasteiger partial charge on any atom is 0.223 e. The van der Waals surface area contributed by atoms with Crippen LogP contribution in [0.5, 0.6) is 5.75 Å². The molecule has 0 aliphatic carbocycles. The van der Waals surface area contributed by atoms with Crippen molar-refractivity contribution in [2.45, 2.75) is 25.3 Å². The molecule has 0 spiro atoms. The quantitative estimate of drug-likeness (QED) is 0.592. The summed E-state index contributed by atoms with van der Waals surface area (Å²) in [5.74, 6) is 0.930. The lowest BCUT2D eigenvalue weighted by Gasteiger charge is -2.12. The summed E-state index contributed by atoms with van der Waals surface area (Å²) in [4.78, 5) is 8.23. The van der Waals surface area contributed by atoms with Crippen LogP contribution in [-0.4, -0.2) is 21.3 Å². The molecule has 106 valence electrons. The van der Waals surface area contributed by atoms with Crippen molar-refractivity contribution in [3.8, 4) is 5.75 Å². The van der Waals surface area contributed by atoms with E-state index < -0.39 is 0 Å². The molecule has 0 unspecified atom stereocenters. The molecule has 0 aliphatic rings. The van der Waals surface area contributed by atoms with Crippen molar-refractivity contribution in [2.24, 2.45) is 0 Å². The summed E-state index contributed by atoms with van der Waals surface area (Å²) in [7, 11) is 0. The molecule has 5 nitrogen and oxygen atoms in total. The number of anilines is 2. The third-order valence-corrected chi connectivity index (χ3v) is 3.87. The van der Waals surface area contributed by atoms with Gasteiger partial charge in [0.1, 0.15) is 16.6 Å². The summed E-state index contributed by atoms with van der Waals surface area (Å²) in [5, 5.41) is 10.6. The Morgan fingerprint density at radius 3 is 2.30 bits per heavy atom. The fourth-order valence-corrected chi connectivity index (χ4v) is 2.79. The van der Waals surface area contributed by atoms with Crippen LogP contribution >= 0.6 is 11.8 Å². The Kier molecular flexibility index (Phi) is 4.04. The van der Waals surface area contributed by atoms with Crippen molar-refractivity contribution in [3.63, 3.8) is 0 Å². The molecule has 1 heterocycles. The molecule has 0 atom stereocenters. The normalized spacial score (nSPS) is 10.8. The fourth-order valence-electron chi connectivity index (χ4n) is 2.18. The lowest BCUT2D eigenvalue weighted by molar-refractivity contribution is 0.466. The van der Waals surface area contributed by atoms with E-state index in [-0.39, 0.29) is 5.95 Å². The maximum atomic E-state index is 9.82. The number of benzene rings is 1. The van der Waals surface area contributed by atoms with Crippen LogP contribution in [0.4, 0.5) is 11.8 Å². The lowest BCUT2D eigenvalue weighted by atomic mass is 10.0. The SMILES string of the molecule is CSc1nc(N)nc(N)c1Cc1cc(C)c(O)c(C)c1. The van der Waals surface area contributed by atoms with Gasteiger partial charge in [0.2, 0.25) is 5.95 Å². The predicted molar refractivity (Wildman–Crippen MR) is 83.0 cm³/mol. The minimum absolute atomic E-state index is 0.189. The number of nitrogen functional groups attached to an aromatic ring is 2. The molecule has 0 aliphatic heterocycles. The van der Waals surface area contributed by atoms with Crippen LogP contribution in [0.3, 0.4) is 0 Å². The third-order valence-electron chi connectivity index (χ3n) is 3.14. The summed E-state index contributed by atoms with van der Waals surface area (Å²) >= 11 is 1.49. The van der Waals surface area contributed by atoms with E-state index in [1.165, 1.54) is 11.8 Å². The number of phenols is 1. The average Bonchev–Trinajstić information content (AvgIpc) is 2.38. The van der Waals surface area contributed by atoms with Crippen molar-refractivity contribution >= 4 is 23.5 Å². The molecule has 2 rings (SSSR count). The number of hydrogen-bond acceptors (Lipinski definition) is 6. The molecule has 1 aromatic heterocycles. The van der Waals surface area contributed by atoms with Crippen molar-refractivity contribution < 1.29 is 5.11 Å². The van der Waals surface area contributed by atoms with Crippen LogP contribution < -0.4 is 11.5 Å². The Morgan fingerprint density at radius 2 is 1.75 bits per heavy atom. The smallest absolute Gasteiger partial charge is 0.223 e. The highest BCUT2D eigenvalue weighted by molar-refractivity contribution is 7.98. The summed E-state index contributed by atoms with van der Waals surface area (Å²) < 4.78 is 0. The van der Waals surface area contributed by atoms with Crippen molar-refractivity contribution in [3.05, 3.63) is 34.4 Å². The number of aromatic hydroxyl groups is 1. The van der Waals surface area contributed by atoms with E-state index in [0.29, 0.717) is 18.0 Å². The highest BCUT2D eigenvalue weighted by Gasteiger charge is 2.13. The molecular weight excluding hydrogens is 272 g/mol. The third kappa shape index (κ3) is 2.80. The van der Waals surface area contributed by atoms with E-state index in [2.05, 4.69) is 9.97 Å². The lowest BCUT2D eigenvalue weighted by Crippen LogP contribution is -2.07. The van der Waals surface area contributed by atoms with Crippen LogP contribution in [0.2, 0.25) is 0 Å². The van der Waals surface area contributed by atoms with Crippen LogP contribution in [0.25, 0.3) is 0 Å². The van der Waals surface area contributed by atoms with Crippen molar-refractivity contribution in [2.75, 3.05) is 17.7 Å². The van der Waals surface area contributed by atoms with Gasteiger partial charge in [-0.1, -0.05) is 12.1 Å². The second-order valence-corrected chi connectivity index (χ2v) is 5.50. The van der Waals surface area contributed by atoms with Crippen LogP contribution in [0.1, 0.15) is 22.3 Å². The zero-order valence-electron chi connectivity index (χ0n) is 11.8. The number of aromatic nitrogens is 2. The van der Waals surface area contributed by atoms with E-state index in [1.807, 2.05) is 32.2 Å². The largest absolute Gasteiger partial charge is 0.507 e. The van der Waals surface area contributed by atoms with Crippen LogP contribution in [0.15, 0.2) is 17.2 Å². The number of nitrogens with two attached hydrogens (primary N) is 2. The first kappa shape index (κ1) is 14.5. The first-order valence-electron chi connectivity index (χ1n) is 6.17. The van der Waals surface area contributed by atoms with Gasteiger partial charge in [-0.15, -0.1) is 11.8 Å². The predicted octanol–water partition coefficient (Wildman–Crippen LogP) is 2.28. The molecule has 0 fully saturated rings. The van der Waals surface area contributed by atoms with Gasteiger partial charge in [0.05, 0.1) is 0 Å². The highest BCUT2D eigenvalue weighted by atomic mass is 32.2. The van der Waals surface area contributed by atoms with Gasteiger partial charge in [0.25, 0.3) is 0 Å². The summed E-state index contributed by atoms with van der Waals surface area (Å²) in [5.41, 5.74) is 15.2. The van der Waals surface area contributed by atoms with Crippen LogP contribution in [-0.2, 0) is 6.42 Å². The van der Waals surface area contributed by atoms with E-state index in [0.717, 1.165) is 27.3 Å².